The molecular weight excluding hydrogens is 362 g/mol. The van der Waals surface area contributed by atoms with Gasteiger partial charge in [0.1, 0.15) is 4.92 Å². The minimum absolute atomic E-state index is 0.221. The van der Waals surface area contributed by atoms with Crippen LogP contribution >= 0.6 is 11.3 Å². The molecule has 0 bridgehead atoms. The maximum atomic E-state index is 12.2. The van der Waals surface area contributed by atoms with Crippen molar-refractivity contribution in [3.8, 4) is 0 Å². The predicted molar refractivity (Wildman–Crippen MR) is 92.0 cm³/mol. The molecule has 2 heterocycles. The topological polar surface area (TPSA) is 117 Å². The van der Waals surface area contributed by atoms with E-state index < -0.39 is 22.7 Å². The van der Waals surface area contributed by atoms with Crippen LogP contribution < -0.4 is 4.80 Å². The number of rotatable bonds is 4. The quantitative estimate of drug-likeness (QED) is 0.393. The summed E-state index contributed by atoms with van der Waals surface area (Å²) in [6, 6.07) is 7.34. The predicted octanol–water partition coefficient (Wildman–Crippen LogP) is 2.66. The number of carbonyl (C=O) groups is 2. The Hall–Kier alpha value is -3.27. The van der Waals surface area contributed by atoms with Gasteiger partial charge in [-0.3, -0.25) is 14.9 Å². The number of aromatic nitrogens is 1. The van der Waals surface area contributed by atoms with E-state index in [0.717, 1.165) is 16.3 Å². The molecule has 0 unspecified atom stereocenters. The van der Waals surface area contributed by atoms with E-state index in [1.54, 1.807) is 36.7 Å². The van der Waals surface area contributed by atoms with Crippen LogP contribution in [0.4, 0.5) is 5.88 Å². The third kappa shape index (κ3) is 3.26. The number of fused-ring (bicyclic) bond motifs is 1. The molecule has 0 radical (unpaired) electrons. The first-order valence-corrected chi connectivity index (χ1v) is 8.32. The average Bonchev–Trinajstić information content (AvgIpc) is 3.21. The van der Waals surface area contributed by atoms with Crippen molar-refractivity contribution >= 4 is 39.3 Å². The lowest BCUT2D eigenvalue weighted by Crippen LogP contribution is -2.13. The summed E-state index contributed by atoms with van der Waals surface area (Å²) in [5, 5.41) is 10.6. The van der Waals surface area contributed by atoms with Crippen LogP contribution in [0.15, 0.2) is 39.7 Å². The van der Waals surface area contributed by atoms with Crippen LogP contribution in [-0.4, -0.2) is 28.0 Å². The van der Waals surface area contributed by atoms with Crippen LogP contribution in [0, 0.1) is 10.1 Å². The lowest BCUT2D eigenvalue weighted by Gasteiger charge is -2.01. The van der Waals surface area contributed by atoms with Gasteiger partial charge in [-0.1, -0.05) is 11.3 Å². The number of amides is 1. The van der Waals surface area contributed by atoms with E-state index in [0.29, 0.717) is 10.4 Å². The number of carbonyl (C=O) groups excluding carboxylic acids is 2. The van der Waals surface area contributed by atoms with Gasteiger partial charge in [0.25, 0.3) is 0 Å². The van der Waals surface area contributed by atoms with Gasteiger partial charge in [-0.25, -0.2) is 4.79 Å². The second kappa shape index (κ2) is 6.92. The standard InChI is InChI=1S/C16H13N3O6S/c1-3-24-15(21)9-4-5-10-12(8-9)26-16(18(10)2)17-14(20)11-6-7-13(25-11)19(22)23/h4-8H,3H2,1-2H3. The molecule has 1 aromatic carbocycles. The molecule has 9 nitrogen and oxygen atoms in total. The Kier molecular flexibility index (Phi) is 4.67. The number of esters is 1. The highest BCUT2D eigenvalue weighted by Gasteiger charge is 2.17. The van der Waals surface area contributed by atoms with E-state index in [4.69, 9.17) is 9.15 Å². The molecule has 0 fully saturated rings. The summed E-state index contributed by atoms with van der Waals surface area (Å²) in [5.41, 5.74) is 1.18. The molecule has 0 aliphatic rings. The van der Waals surface area contributed by atoms with Crippen LogP contribution in [0.25, 0.3) is 10.2 Å². The van der Waals surface area contributed by atoms with E-state index in [9.17, 15) is 19.7 Å². The third-order valence-corrected chi connectivity index (χ3v) is 4.59. The average molecular weight is 375 g/mol. The van der Waals surface area contributed by atoms with Gasteiger partial charge < -0.3 is 13.7 Å². The van der Waals surface area contributed by atoms with Crippen molar-refractivity contribution in [3.05, 3.63) is 56.6 Å². The van der Waals surface area contributed by atoms with Gasteiger partial charge in [0, 0.05) is 7.05 Å². The smallest absolute Gasteiger partial charge is 0.433 e. The molecule has 2 aromatic heterocycles. The Morgan fingerprint density at radius 2 is 2.12 bits per heavy atom. The number of hydrogen-bond acceptors (Lipinski definition) is 7. The molecule has 0 aliphatic carbocycles. The molecule has 26 heavy (non-hydrogen) atoms. The minimum Gasteiger partial charge on any atom is -0.462 e. The molecule has 1 amide bonds. The molecule has 0 spiro atoms. The molecule has 0 saturated heterocycles. The largest absolute Gasteiger partial charge is 0.462 e. The minimum atomic E-state index is -0.731. The summed E-state index contributed by atoms with van der Waals surface area (Å²) in [7, 11) is 1.72. The number of aryl methyl sites for hydroxylation is 1. The Bertz CT molecular complexity index is 1090. The van der Waals surface area contributed by atoms with Gasteiger partial charge in [0.15, 0.2) is 4.80 Å². The highest BCUT2D eigenvalue weighted by atomic mass is 32.1. The van der Waals surface area contributed by atoms with Crippen LogP contribution in [-0.2, 0) is 11.8 Å². The second-order valence-electron chi connectivity index (χ2n) is 5.16. The van der Waals surface area contributed by atoms with Crippen LogP contribution in [0.2, 0.25) is 0 Å². The van der Waals surface area contributed by atoms with Gasteiger partial charge >= 0.3 is 17.8 Å². The van der Waals surface area contributed by atoms with Crippen molar-refractivity contribution in [1.82, 2.24) is 4.57 Å². The number of thiazole rings is 1. The lowest BCUT2D eigenvalue weighted by molar-refractivity contribution is -0.402. The van der Waals surface area contributed by atoms with Crippen molar-refractivity contribution < 1.29 is 23.7 Å². The Morgan fingerprint density at radius 1 is 1.35 bits per heavy atom. The highest BCUT2D eigenvalue weighted by molar-refractivity contribution is 7.16. The Morgan fingerprint density at radius 3 is 2.77 bits per heavy atom. The van der Waals surface area contributed by atoms with Gasteiger partial charge in [0.05, 0.1) is 28.5 Å². The van der Waals surface area contributed by atoms with Crippen LogP contribution in [0.1, 0.15) is 27.8 Å². The zero-order valence-corrected chi connectivity index (χ0v) is 14.6. The summed E-state index contributed by atoms with van der Waals surface area (Å²) in [6.07, 6.45) is 0. The highest BCUT2D eigenvalue weighted by Crippen LogP contribution is 2.20. The molecule has 134 valence electrons. The molecular formula is C16H13N3O6S. The number of nitrogens with zero attached hydrogens (tertiary/aromatic N) is 3. The van der Waals surface area contributed by atoms with Gasteiger partial charge in [-0.05, 0) is 31.2 Å². The summed E-state index contributed by atoms with van der Waals surface area (Å²) >= 11 is 1.20. The fourth-order valence-corrected chi connectivity index (χ4v) is 3.32. The van der Waals surface area contributed by atoms with Gasteiger partial charge in [-0.15, -0.1) is 0 Å². The number of benzene rings is 1. The summed E-state index contributed by atoms with van der Waals surface area (Å²) in [6.45, 7) is 2.00. The normalized spacial score (nSPS) is 11.7. The number of furan rings is 1. The van der Waals surface area contributed by atoms with E-state index in [2.05, 4.69) is 4.99 Å². The fraction of sp³-hybridized carbons (Fsp3) is 0.188. The van der Waals surface area contributed by atoms with Crippen molar-refractivity contribution in [3.63, 3.8) is 0 Å². The first-order chi connectivity index (χ1) is 12.4. The zero-order valence-electron chi connectivity index (χ0n) is 13.8. The van der Waals surface area contributed by atoms with Crippen molar-refractivity contribution in [2.24, 2.45) is 12.0 Å². The number of hydrogen-bond donors (Lipinski definition) is 0. The molecule has 0 N–H and O–H groups in total. The fourth-order valence-electron chi connectivity index (χ4n) is 2.26. The van der Waals surface area contributed by atoms with Gasteiger partial charge in [-0.2, -0.15) is 4.99 Å². The molecule has 10 heteroatoms. The number of ether oxygens (including phenoxy) is 1. The third-order valence-electron chi connectivity index (χ3n) is 3.50. The SMILES string of the molecule is CCOC(=O)c1ccc2c(c1)sc(=NC(=O)c1ccc([N+](=O)[O-])o1)n2C. The van der Waals surface area contributed by atoms with E-state index in [1.165, 1.54) is 17.4 Å². The van der Waals surface area contributed by atoms with Crippen LogP contribution in [0.5, 0.6) is 0 Å². The summed E-state index contributed by atoms with van der Waals surface area (Å²) in [5.74, 6) is -1.90. The Balaban J connectivity index is 1.99. The number of nitro groups is 1. The summed E-state index contributed by atoms with van der Waals surface area (Å²) in [4.78, 5) is 38.2. The van der Waals surface area contributed by atoms with Crippen LogP contribution in [0.3, 0.4) is 0 Å². The first-order valence-electron chi connectivity index (χ1n) is 7.50. The second-order valence-corrected chi connectivity index (χ2v) is 6.17. The molecule has 3 rings (SSSR count). The molecule has 0 aliphatic heterocycles. The molecule has 0 saturated carbocycles. The maximum absolute atomic E-state index is 12.2. The van der Waals surface area contributed by atoms with Gasteiger partial charge in [0.2, 0.25) is 5.76 Å². The van der Waals surface area contributed by atoms with E-state index in [1.807, 2.05) is 0 Å². The summed E-state index contributed by atoms with van der Waals surface area (Å²) < 4.78 is 12.3. The van der Waals surface area contributed by atoms with E-state index >= 15 is 0 Å². The zero-order chi connectivity index (χ0) is 18.8. The molecule has 3 aromatic rings. The lowest BCUT2D eigenvalue weighted by atomic mass is 10.2. The van der Waals surface area contributed by atoms with Crippen molar-refractivity contribution in [2.45, 2.75) is 6.92 Å². The maximum Gasteiger partial charge on any atom is 0.433 e. The van der Waals surface area contributed by atoms with Crippen molar-refractivity contribution in [2.75, 3.05) is 6.61 Å². The van der Waals surface area contributed by atoms with E-state index in [-0.39, 0.29) is 12.4 Å². The van der Waals surface area contributed by atoms with Crippen molar-refractivity contribution in [1.29, 1.82) is 0 Å². The Labute approximate surface area is 150 Å². The first kappa shape index (κ1) is 17.5. The monoisotopic (exact) mass is 375 g/mol. The molecule has 0 atom stereocenters.